The molecule has 2 nitrogen and oxygen atoms in total. The molecular formula is C23H19N2. The van der Waals surface area contributed by atoms with Gasteiger partial charge in [0.2, 0.25) is 0 Å². The molecule has 0 amide bonds. The minimum Gasteiger partial charge on any atom is -0.232 e. The van der Waals surface area contributed by atoms with Gasteiger partial charge in [0.1, 0.15) is 0 Å². The first-order valence-corrected chi connectivity index (χ1v) is 8.44. The molecule has 0 bridgehead atoms. The number of rotatable bonds is 4. The molecule has 25 heavy (non-hydrogen) atoms. The Morgan fingerprint density at radius 2 is 1.32 bits per heavy atom. The lowest BCUT2D eigenvalue weighted by atomic mass is 10.1. The van der Waals surface area contributed by atoms with Crippen LogP contribution >= 0.6 is 0 Å². The molecule has 1 radical (unpaired) electrons. The lowest BCUT2D eigenvalue weighted by Crippen LogP contribution is -1.99. The van der Waals surface area contributed by atoms with Gasteiger partial charge in [0.25, 0.3) is 0 Å². The largest absolute Gasteiger partial charge is 0.232 e. The third kappa shape index (κ3) is 3.11. The van der Waals surface area contributed by atoms with Crippen LogP contribution in [0, 0.1) is 6.92 Å². The maximum atomic E-state index is 4.88. The molecule has 1 aromatic heterocycles. The zero-order chi connectivity index (χ0) is 17.1. The van der Waals surface area contributed by atoms with Crippen LogP contribution in [-0.2, 0) is 6.42 Å². The minimum absolute atomic E-state index is 0.792. The van der Waals surface area contributed by atoms with Crippen molar-refractivity contribution in [2.75, 3.05) is 0 Å². The van der Waals surface area contributed by atoms with Crippen molar-refractivity contribution in [3.63, 3.8) is 0 Å². The fraction of sp³-hybridized carbons (Fsp3) is 0.0435. The lowest BCUT2D eigenvalue weighted by molar-refractivity contribution is 0.891. The Morgan fingerprint density at radius 3 is 1.92 bits per heavy atom. The van der Waals surface area contributed by atoms with Crippen LogP contribution in [-0.4, -0.2) is 9.78 Å². The van der Waals surface area contributed by atoms with Crippen molar-refractivity contribution in [2.45, 2.75) is 6.42 Å². The van der Waals surface area contributed by atoms with Crippen molar-refractivity contribution in [1.82, 2.24) is 9.78 Å². The Hall–Kier alpha value is -3.13. The Labute approximate surface area is 148 Å². The lowest BCUT2D eigenvalue weighted by Gasteiger charge is -2.08. The standard InChI is InChI=1S/C23H19N2/c1-2-18-13-15-21(16-14-18)25-23(20-11-7-4-8-12-20)17-22(24-25)19-9-5-3-6-10-19/h3-17H,1-2H2. The first-order valence-electron chi connectivity index (χ1n) is 8.44. The highest BCUT2D eigenvalue weighted by Gasteiger charge is 2.12. The fourth-order valence-electron chi connectivity index (χ4n) is 2.95. The summed E-state index contributed by atoms with van der Waals surface area (Å²) in [5.74, 6) is 0. The zero-order valence-electron chi connectivity index (χ0n) is 14.0. The quantitative estimate of drug-likeness (QED) is 0.479. The molecule has 4 rings (SSSR count). The smallest absolute Gasteiger partial charge is 0.0934 e. The van der Waals surface area contributed by atoms with E-state index in [4.69, 9.17) is 5.10 Å². The highest BCUT2D eigenvalue weighted by molar-refractivity contribution is 5.70. The Kier molecular flexibility index (Phi) is 4.17. The fourth-order valence-corrected chi connectivity index (χ4v) is 2.95. The molecule has 0 fully saturated rings. The average molecular weight is 323 g/mol. The van der Waals surface area contributed by atoms with E-state index >= 15 is 0 Å². The summed E-state index contributed by atoms with van der Waals surface area (Å²) < 4.78 is 2.02. The van der Waals surface area contributed by atoms with Crippen LogP contribution in [0.2, 0.25) is 0 Å². The number of benzene rings is 3. The van der Waals surface area contributed by atoms with E-state index in [0.29, 0.717) is 0 Å². The first kappa shape index (κ1) is 15.4. The number of nitrogens with zero attached hydrogens (tertiary/aromatic N) is 2. The Bertz CT molecular complexity index is 952. The molecule has 0 spiro atoms. The molecule has 121 valence electrons. The van der Waals surface area contributed by atoms with Gasteiger partial charge in [-0.25, -0.2) is 4.68 Å². The van der Waals surface area contributed by atoms with Gasteiger partial charge in [-0.2, -0.15) is 5.10 Å². The molecule has 0 saturated heterocycles. The molecule has 0 aliphatic heterocycles. The monoisotopic (exact) mass is 323 g/mol. The van der Waals surface area contributed by atoms with E-state index in [2.05, 4.69) is 73.7 Å². The summed E-state index contributed by atoms with van der Waals surface area (Å²) >= 11 is 0. The van der Waals surface area contributed by atoms with Crippen molar-refractivity contribution in [1.29, 1.82) is 0 Å². The molecule has 1 heterocycles. The molecule has 4 aromatic rings. The average Bonchev–Trinajstić information content (AvgIpc) is 3.15. The van der Waals surface area contributed by atoms with Crippen molar-refractivity contribution in [3.05, 3.63) is 103 Å². The highest BCUT2D eigenvalue weighted by Crippen LogP contribution is 2.28. The predicted molar refractivity (Wildman–Crippen MR) is 103 cm³/mol. The summed E-state index contributed by atoms with van der Waals surface area (Å²) in [5.41, 5.74) is 6.60. The van der Waals surface area contributed by atoms with Gasteiger partial charge in [0.05, 0.1) is 17.1 Å². The number of aromatic nitrogens is 2. The van der Waals surface area contributed by atoms with E-state index in [1.54, 1.807) is 0 Å². The molecular weight excluding hydrogens is 304 g/mol. The molecule has 0 unspecified atom stereocenters. The van der Waals surface area contributed by atoms with Crippen molar-refractivity contribution in [3.8, 4) is 28.2 Å². The van der Waals surface area contributed by atoms with Gasteiger partial charge in [-0.05, 0) is 37.1 Å². The normalized spacial score (nSPS) is 10.8. The molecule has 0 aliphatic carbocycles. The molecule has 3 aromatic carbocycles. The third-order valence-corrected chi connectivity index (χ3v) is 4.32. The zero-order valence-corrected chi connectivity index (χ0v) is 14.0. The van der Waals surface area contributed by atoms with Crippen LogP contribution in [0.4, 0.5) is 0 Å². The summed E-state index contributed by atoms with van der Waals surface area (Å²) in [6, 6.07) is 31.3. The second kappa shape index (κ2) is 6.78. The topological polar surface area (TPSA) is 17.8 Å². The van der Waals surface area contributed by atoms with Gasteiger partial charge in [-0.3, -0.25) is 0 Å². The SMILES string of the molecule is [CH2]Cc1ccc(-n2nc(-c3ccccc3)cc2-c2ccccc2)cc1. The third-order valence-electron chi connectivity index (χ3n) is 4.32. The molecule has 0 N–H and O–H groups in total. The van der Waals surface area contributed by atoms with E-state index in [1.807, 2.05) is 28.9 Å². The summed E-state index contributed by atoms with van der Waals surface area (Å²) in [7, 11) is 0. The van der Waals surface area contributed by atoms with Crippen LogP contribution < -0.4 is 0 Å². The first-order chi connectivity index (χ1) is 12.3. The summed E-state index contributed by atoms with van der Waals surface area (Å²) in [5, 5.41) is 4.88. The second-order valence-corrected chi connectivity index (χ2v) is 5.98. The van der Waals surface area contributed by atoms with Gasteiger partial charge in [-0.15, -0.1) is 0 Å². The van der Waals surface area contributed by atoms with Gasteiger partial charge < -0.3 is 0 Å². The predicted octanol–water partition coefficient (Wildman–Crippen LogP) is 5.58. The maximum absolute atomic E-state index is 4.88. The Balaban J connectivity index is 1.87. The van der Waals surface area contributed by atoms with Crippen molar-refractivity contribution < 1.29 is 0 Å². The van der Waals surface area contributed by atoms with E-state index in [0.717, 1.165) is 34.6 Å². The van der Waals surface area contributed by atoms with Crippen LogP contribution in [0.1, 0.15) is 5.56 Å². The van der Waals surface area contributed by atoms with Crippen LogP contribution in [0.15, 0.2) is 91.0 Å². The minimum atomic E-state index is 0.792. The Morgan fingerprint density at radius 1 is 0.720 bits per heavy atom. The number of hydrogen-bond donors (Lipinski definition) is 0. The van der Waals surface area contributed by atoms with E-state index in [1.165, 1.54) is 5.56 Å². The van der Waals surface area contributed by atoms with Crippen LogP contribution in [0.25, 0.3) is 28.2 Å². The molecule has 0 saturated carbocycles. The highest BCUT2D eigenvalue weighted by atomic mass is 15.3. The van der Waals surface area contributed by atoms with Gasteiger partial charge in [-0.1, -0.05) is 72.8 Å². The molecule has 2 heteroatoms. The second-order valence-electron chi connectivity index (χ2n) is 5.98. The van der Waals surface area contributed by atoms with Gasteiger partial charge >= 0.3 is 0 Å². The van der Waals surface area contributed by atoms with Crippen LogP contribution in [0.5, 0.6) is 0 Å². The molecule has 0 atom stereocenters. The van der Waals surface area contributed by atoms with Gasteiger partial charge in [0.15, 0.2) is 0 Å². The summed E-state index contributed by atoms with van der Waals surface area (Å²) in [6.45, 7) is 3.94. The van der Waals surface area contributed by atoms with Crippen molar-refractivity contribution in [2.24, 2.45) is 0 Å². The maximum Gasteiger partial charge on any atom is 0.0934 e. The van der Waals surface area contributed by atoms with E-state index < -0.39 is 0 Å². The van der Waals surface area contributed by atoms with E-state index in [-0.39, 0.29) is 0 Å². The number of hydrogen-bond acceptors (Lipinski definition) is 1. The summed E-state index contributed by atoms with van der Waals surface area (Å²) in [6.07, 6.45) is 0.792. The van der Waals surface area contributed by atoms with Gasteiger partial charge in [0, 0.05) is 11.1 Å². The molecule has 0 aliphatic rings. The van der Waals surface area contributed by atoms with Crippen molar-refractivity contribution >= 4 is 0 Å². The van der Waals surface area contributed by atoms with E-state index in [9.17, 15) is 0 Å². The van der Waals surface area contributed by atoms with Crippen LogP contribution in [0.3, 0.4) is 0 Å². The summed E-state index contributed by atoms with van der Waals surface area (Å²) in [4.78, 5) is 0.